The maximum Gasteiger partial charge on any atom is 0.236 e. The normalized spacial score (nSPS) is 18.4. The van der Waals surface area contributed by atoms with E-state index in [0.717, 1.165) is 37.8 Å². The molecule has 1 aliphatic carbocycles. The van der Waals surface area contributed by atoms with E-state index in [0.29, 0.717) is 36.3 Å². The van der Waals surface area contributed by atoms with E-state index >= 15 is 0 Å². The lowest BCUT2D eigenvalue weighted by molar-refractivity contribution is -0.134. The maximum atomic E-state index is 13.5. The molecule has 0 N–H and O–H groups in total. The average molecular weight is 429 g/mol. The summed E-state index contributed by atoms with van der Waals surface area (Å²) in [6.45, 7) is 3.12. The van der Waals surface area contributed by atoms with Crippen LogP contribution in [0.2, 0.25) is 0 Å². The zero-order chi connectivity index (χ0) is 21.6. The van der Waals surface area contributed by atoms with Gasteiger partial charge in [-0.25, -0.2) is 8.78 Å². The van der Waals surface area contributed by atoms with Crippen molar-refractivity contribution in [1.82, 2.24) is 25.2 Å². The number of hydrogen-bond donors (Lipinski definition) is 0. The summed E-state index contributed by atoms with van der Waals surface area (Å²) in [6, 6.07) is 3.54. The van der Waals surface area contributed by atoms with Crippen LogP contribution < -0.4 is 0 Å². The number of carbonyl (C=O) groups excluding carboxylic acids is 1. The Hall–Kier alpha value is -3.17. The molecule has 1 aromatic carbocycles. The number of rotatable bonds is 4. The molecule has 1 aliphatic heterocycles. The van der Waals surface area contributed by atoms with E-state index in [-0.39, 0.29) is 29.5 Å². The highest BCUT2D eigenvalue weighted by Crippen LogP contribution is 2.56. The van der Waals surface area contributed by atoms with Crippen molar-refractivity contribution in [2.45, 2.75) is 44.9 Å². The molecule has 3 aromatic rings. The maximum absolute atomic E-state index is 13.5. The Morgan fingerprint density at radius 2 is 1.90 bits per heavy atom. The molecule has 8 nitrogen and oxygen atoms in total. The van der Waals surface area contributed by atoms with Crippen LogP contribution in [0.1, 0.15) is 49.2 Å². The molecule has 0 atom stereocenters. The number of halogens is 2. The molecule has 2 fully saturated rings. The van der Waals surface area contributed by atoms with E-state index in [1.165, 1.54) is 6.07 Å². The highest BCUT2D eigenvalue weighted by molar-refractivity contribution is 5.77. The number of nitrogens with zero attached hydrogens (tertiary/aromatic N) is 5. The average Bonchev–Trinajstić information content (AvgIpc) is 3.37. The van der Waals surface area contributed by atoms with Crippen LogP contribution in [0.5, 0.6) is 0 Å². The van der Waals surface area contributed by atoms with Crippen molar-refractivity contribution < 1.29 is 22.6 Å². The van der Waals surface area contributed by atoms with Gasteiger partial charge in [0.15, 0.2) is 17.5 Å². The molecular weight excluding hydrogens is 408 g/mol. The predicted molar refractivity (Wildman–Crippen MR) is 103 cm³/mol. The Labute approximate surface area is 176 Å². The first-order valence-electron chi connectivity index (χ1n) is 10.3. The summed E-state index contributed by atoms with van der Waals surface area (Å²) in [5.41, 5.74) is 0.560. The van der Waals surface area contributed by atoms with Gasteiger partial charge in [0.25, 0.3) is 0 Å². The lowest BCUT2D eigenvalue weighted by Crippen LogP contribution is -2.48. The second-order valence-corrected chi connectivity index (χ2v) is 8.48. The molecule has 1 saturated heterocycles. The molecule has 5 rings (SSSR count). The lowest BCUT2D eigenvalue weighted by Gasteiger charge is -2.51. The fourth-order valence-electron chi connectivity index (χ4n) is 4.61. The van der Waals surface area contributed by atoms with Crippen LogP contribution in [-0.2, 0) is 11.2 Å². The zero-order valence-corrected chi connectivity index (χ0v) is 17.0. The van der Waals surface area contributed by atoms with E-state index < -0.39 is 11.6 Å². The number of aryl methyl sites for hydroxylation is 1. The molecule has 1 amide bonds. The minimum Gasteiger partial charge on any atom is -0.342 e. The van der Waals surface area contributed by atoms with Gasteiger partial charge in [-0.15, -0.1) is 0 Å². The van der Waals surface area contributed by atoms with Crippen LogP contribution in [0.4, 0.5) is 8.78 Å². The fraction of sp³-hybridized carbons (Fsp3) is 0.476. The molecule has 0 radical (unpaired) electrons. The van der Waals surface area contributed by atoms with Gasteiger partial charge in [-0.2, -0.15) is 9.97 Å². The zero-order valence-electron chi connectivity index (χ0n) is 17.0. The summed E-state index contributed by atoms with van der Waals surface area (Å²) >= 11 is 0. The van der Waals surface area contributed by atoms with Gasteiger partial charge in [0.1, 0.15) is 6.42 Å². The van der Waals surface area contributed by atoms with Gasteiger partial charge in [-0.05, 0) is 56.2 Å². The first-order chi connectivity index (χ1) is 14.9. The van der Waals surface area contributed by atoms with Crippen molar-refractivity contribution >= 4 is 5.91 Å². The second kappa shape index (κ2) is 7.51. The molecule has 10 heteroatoms. The molecule has 3 heterocycles. The third-order valence-electron chi connectivity index (χ3n) is 6.38. The van der Waals surface area contributed by atoms with E-state index in [2.05, 4.69) is 20.3 Å². The van der Waals surface area contributed by atoms with Crippen LogP contribution in [0, 0.1) is 24.0 Å². The minimum atomic E-state index is -0.943. The smallest absolute Gasteiger partial charge is 0.236 e. The summed E-state index contributed by atoms with van der Waals surface area (Å²) in [6.07, 6.45) is 3.80. The van der Waals surface area contributed by atoms with Crippen molar-refractivity contribution in [2.24, 2.45) is 5.41 Å². The summed E-state index contributed by atoms with van der Waals surface area (Å²) in [5.74, 6) is -0.0541. The van der Waals surface area contributed by atoms with Crippen molar-refractivity contribution in [1.29, 1.82) is 0 Å². The second-order valence-electron chi connectivity index (χ2n) is 8.48. The van der Waals surface area contributed by atoms with Crippen molar-refractivity contribution in [2.75, 3.05) is 13.1 Å². The Morgan fingerprint density at radius 3 is 2.58 bits per heavy atom. The van der Waals surface area contributed by atoms with Gasteiger partial charge in [-0.3, -0.25) is 4.79 Å². The fourth-order valence-corrected chi connectivity index (χ4v) is 4.61. The third kappa shape index (κ3) is 3.82. The van der Waals surface area contributed by atoms with Gasteiger partial charge in [0.05, 0.1) is 0 Å². The number of aromatic nitrogens is 4. The van der Waals surface area contributed by atoms with Gasteiger partial charge < -0.3 is 13.9 Å². The number of piperidine rings is 1. The van der Waals surface area contributed by atoms with Gasteiger partial charge in [0.2, 0.25) is 23.5 Å². The van der Waals surface area contributed by atoms with E-state index in [1.54, 1.807) is 6.92 Å². The number of carbonyl (C=O) groups is 1. The van der Waals surface area contributed by atoms with E-state index in [9.17, 15) is 13.6 Å². The van der Waals surface area contributed by atoms with Crippen molar-refractivity contribution in [3.05, 3.63) is 47.4 Å². The third-order valence-corrected chi connectivity index (χ3v) is 6.38. The number of amides is 1. The van der Waals surface area contributed by atoms with Crippen LogP contribution in [0.3, 0.4) is 0 Å². The monoisotopic (exact) mass is 429 g/mol. The standard InChI is InChI=1S/C21H21F2N5O3/c1-12-24-17(30-26-12)9-18(29)28-6-4-21(5-7-28)10-14(11-21)20-25-19(27-31-20)13-2-3-15(22)16(23)8-13/h2-3,8,14H,4-7,9-11H2,1H3. The Balaban J connectivity index is 1.16. The van der Waals surface area contributed by atoms with Crippen LogP contribution in [0.15, 0.2) is 27.2 Å². The molecule has 162 valence electrons. The van der Waals surface area contributed by atoms with Gasteiger partial charge in [0, 0.05) is 24.6 Å². The Kier molecular flexibility index (Phi) is 4.79. The van der Waals surface area contributed by atoms with Crippen molar-refractivity contribution in [3.8, 4) is 11.4 Å². The van der Waals surface area contributed by atoms with Gasteiger partial charge >= 0.3 is 0 Å². The van der Waals surface area contributed by atoms with Crippen LogP contribution in [-0.4, -0.2) is 44.2 Å². The lowest BCUT2D eigenvalue weighted by atomic mass is 9.57. The molecule has 1 spiro atoms. The molecule has 0 bridgehead atoms. The first-order valence-corrected chi connectivity index (χ1v) is 10.3. The molecule has 1 saturated carbocycles. The highest BCUT2D eigenvalue weighted by Gasteiger charge is 2.48. The van der Waals surface area contributed by atoms with Gasteiger partial charge in [-0.1, -0.05) is 10.3 Å². The van der Waals surface area contributed by atoms with Crippen LogP contribution in [0.25, 0.3) is 11.4 Å². The van der Waals surface area contributed by atoms with Crippen LogP contribution >= 0.6 is 0 Å². The quantitative estimate of drug-likeness (QED) is 0.627. The first kappa shape index (κ1) is 19.8. The summed E-state index contributed by atoms with van der Waals surface area (Å²) in [4.78, 5) is 22.8. The molecule has 31 heavy (non-hydrogen) atoms. The topological polar surface area (TPSA) is 98.2 Å². The minimum absolute atomic E-state index is 0.00227. The number of likely N-dealkylation sites (tertiary alicyclic amines) is 1. The highest BCUT2D eigenvalue weighted by atomic mass is 19.2. The molecule has 2 aliphatic rings. The predicted octanol–water partition coefficient (Wildman–Crippen LogP) is 3.44. The summed E-state index contributed by atoms with van der Waals surface area (Å²) in [5, 5.41) is 7.64. The largest absolute Gasteiger partial charge is 0.342 e. The summed E-state index contributed by atoms with van der Waals surface area (Å²) < 4.78 is 37.0. The SMILES string of the molecule is Cc1noc(CC(=O)N2CCC3(CC2)CC(c2nc(-c4ccc(F)c(F)c4)no2)C3)n1. The Bertz CT molecular complexity index is 1110. The number of hydrogen-bond acceptors (Lipinski definition) is 7. The molecule has 2 aromatic heterocycles. The van der Waals surface area contributed by atoms with E-state index in [1.807, 2.05) is 4.90 Å². The van der Waals surface area contributed by atoms with Crippen molar-refractivity contribution in [3.63, 3.8) is 0 Å². The molecule has 0 unspecified atom stereocenters. The van der Waals surface area contributed by atoms with E-state index in [4.69, 9.17) is 9.05 Å². The summed E-state index contributed by atoms with van der Waals surface area (Å²) in [7, 11) is 0. The number of benzene rings is 1. The molecular formula is C21H21F2N5O3. The Morgan fingerprint density at radius 1 is 1.13 bits per heavy atom.